The van der Waals surface area contributed by atoms with E-state index < -0.39 is 15.9 Å². The first-order valence-electron chi connectivity index (χ1n) is 13.4. The first-order chi connectivity index (χ1) is 19.3. The Hall–Kier alpha value is -3.67. The zero-order chi connectivity index (χ0) is 29.8. The Kier molecular flexibility index (Phi) is 9.21. The number of rotatable bonds is 10. The molecule has 2 aromatic carbocycles. The quantitative estimate of drug-likeness (QED) is 0.305. The highest BCUT2D eigenvalue weighted by Crippen LogP contribution is 2.39. The third kappa shape index (κ3) is 8.18. The number of aryl methyl sites for hydroxylation is 1. The van der Waals surface area contributed by atoms with Gasteiger partial charge in [0, 0.05) is 37.0 Å². The SMILES string of the molecule is COc1c(NC(=O)c2ccc(C)c(Oc3ccnc(CNC4CCOC4)c3)c2)cc(C(C)(C)C)cc1NS(C)(=O)=O. The normalized spacial score (nSPS) is 15.4. The average Bonchev–Trinajstić information content (AvgIpc) is 3.41. The second-order valence-corrected chi connectivity index (χ2v) is 12.9. The van der Waals surface area contributed by atoms with Crippen molar-refractivity contribution in [1.29, 1.82) is 0 Å². The van der Waals surface area contributed by atoms with Gasteiger partial charge in [-0.2, -0.15) is 0 Å². The van der Waals surface area contributed by atoms with Crippen molar-refractivity contribution in [3.8, 4) is 17.2 Å². The number of amides is 1. The molecule has 1 atom stereocenters. The van der Waals surface area contributed by atoms with Crippen LogP contribution in [-0.2, 0) is 26.7 Å². The van der Waals surface area contributed by atoms with Crippen LogP contribution in [0.4, 0.5) is 11.4 Å². The van der Waals surface area contributed by atoms with Gasteiger partial charge in [-0.25, -0.2) is 8.42 Å². The van der Waals surface area contributed by atoms with E-state index in [4.69, 9.17) is 14.2 Å². The third-order valence-corrected chi connectivity index (χ3v) is 7.26. The summed E-state index contributed by atoms with van der Waals surface area (Å²) in [6.07, 6.45) is 3.74. The summed E-state index contributed by atoms with van der Waals surface area (Å²) in [6.45, 7) is 9.96. The first-order valence-corrected chi connectivity index (χ1v) is 15.3. The van der Waals surface area contributed by atoms with Crippen molar-refractivity contribution < 1.29 is 27.4 Å². The van der Waals surface area contributed by atoms with E-state index in [1.165, 1.54) is 7.11 Å². The number of pyridine rings is 1. The molecule has 2 heterocycles. The van der Waals surface area contributed by atoms with Crippen LogP contribution in [0.15, 0.2) is 48.7 Å². The van der Waals surface area contributed by atoms with Gasteiger partial charge >= 0.3 is 0 Å². The Balaban J connectivity index is 1.57. The van der Waals surface area contributed by atoms with Crippen molar-refractivity contribution in [1.82, 2.24) is 10.3 Å². The number of nitrogens with zero attached hydrogens (tertiary/aromatic N) is 1. The van der Waals surface area contributed by atoms with E-state index in [9.17, 15) is 13.2 Å². The number of aromatic nitrogens is 1. The largest absolute Gasteiger partial charge is 0.492 e. The molecule has 1 saturated heterocycles. The van der Waals surface area contributed by atoms with Gasteiger partial charge in [-0.15, -0.1) is 0 Å². The Morgan fingerprint density at radius 2 is 1.88 bits per heavy atom. The summed E-state index contributed by atoms with van der Waals surface area (Å²) in [5, 5.41) is 6.34. The molecule has 1 amide bonds. The summed E-state index contributed by atoms with van der Waals surface area (Å²) in [5.74, 6) is 0.948. The summed E-state index contributed by atoms with van der Waals surface area (Å²) < 4.78 is 43.7. The first kappa shape index (κ1) is 30.3. The second-order valence-electron chi connectivity index (χ2n) is 11.2. The summed E-state index contributed by atoms with van der Waals surface area (Å²) in [5.41, 5.74) is 3.14. The fourth-order valence-electron chi connectivity index (χ4n) is 4.38. The van der Waals surface area contributed by atoms with Crippen LogP contribution in [0.2, 0.25) is 0 Å². The van der Waals surface area contributed by atoms with Crippen LogP contribution in [0.1, 0.15) is 54.4 Å². The van der Waals surface area contributed by atoms with Gasteiger partial charge in [0.05, 0.1) is 37.0 Å². The number of hydrogen-bond acceptors (Lipinski definition) is 8. The number of sulfonamides is 1. The minimum Gasteiger partial charge on any atom is -0.492 e. The molecule has 0 saturated carbocycles. The van der Waals surface area contributed by atoms with E-state index in [1.54, 1.807) is 36.5 Å². The number of benzene rings is 2. The standard InChI is InChI=1S/C30H38N4O6S/c1-19-7-8-20(13-27(19)40-24-9-11-31-23(16-24)17-32-22-10-12-39-18-22)29(35)33-25-14-21(30(2,3)4)15-26(28(25)38-5)34-41(6,36)37/h7-9,11,13-16,22,32,34H,10,12,17-18H2,1-6H3,(H,33,35). The van der Waals surface area contributed by atoms with E-state index in [0.717, 1.165) is 36.1 Å². The molecular weight excluding hydrogens is 544 g/mol. The molecule has 0 spiro atoms. The maximum atomic E-state index is 13.4. The molecule has 11 heteroatoms. The van der Waals surface area contributed by atoms with Crippen LogP contribution >= 0.6 is 0 Å². The highest BCUT2D eigenvalue weighted by atomic mass is 32.2. The van der Waals surface area contributed by atoms with Crippen LogP contribution in [0.5, 0.6) is 17.2 Å². The zero-order valence-electron chi connectivity index (χ0n) is 24.3. The fourth-order valence-corrected chi connectivity index (χ4v) is 4.93. The predicted octanol–water partition coefficient (Wildman–Crippen LogP) is 4.99. The number of carbonyl (C=O) groups is 1. The Morgan fingerprint density at radius 3 is 2.54 bits per heavy atom. The molecule has 1 unspecified atom stereocenters. The van der Waals surface area contributed by atoms with Crippen molar-refractivity contribution in [2.75, 3.05) is 36.6 Å². The molecule has 0 radical (unpaired) electrons. The van der Waals surface area contributed by atoms with Crippen LogP contribution in [0.3, 0.4) is 0 Å². The van der Waals surface area contributed by atoms with Crippen molar-refractivity contribution in [3.05, 3.63) is 71.0 Å². The van der Waals surface area contributed by atoms with Crippen LogP contribution in [0.25, 0.3) is 0 Å². The van der Waals surface area contributed by atoms with E-state index in [0.29, 0.717) is 41.9 Å². The minimum atomic E-state index is -3.59. The van der Waals surface area contributed by atoms with Gasteiger partial charge in [-0.05, 0) is 60.2 Å². The molecular formula is C30H38N4O6S. The van der Waals surface area contributed by atoms with Gasteiger partial charge in [0.1, 0.15) is 11.5 Å². The Bertz CT molecular complexity index is 1510. The fraction of sp³-hybridized carbons (Fsp3) is 0.400. The van der Waals surface area contributed by atoms with Gasteiger partial charge in [-0.1, -0.05) is 26.8 Å². The number of ether oxygens (including phenoxy) is 3. The van der Waals surface area contributed by atoms with E-state index >= 15 is 0 Å². The molecule has 3 N–H and O–H groups in total. The molecule has 10 nitrogen and oxygen atoms in total. The lowest BCUT2D eigenvalue weighted by atomic mass is 9.86. The lowest BCUT2D eigenvalue weighted by molar-refractivity contribution is 0.102. The summed E-state index contributed by atoms with van der Waals surface area (Å²) in [6, 6.07) is 12.7. The van der Waals surface area contributed by atoms with Gasteiger partial charge in [-0.3, -0.25) is 14.5 Å². The molecule has 4 rings (SSSR count). The molecule has 1 aliphatic heterocycles. The monoisotopic (exact) mass is 582 g/mol. The highest BCUT2D eigenvalue weighted by molar-refractivity contribution is 7.92. The van der Waals surface area contributed by atoms with E-state index in [2.05, 4.69) is 20.3 Å². The number of carbonyl (C=O) groups excluding carboxylic acids is 1. The van der Waals surface area contributed by atoms with Gasteiger partial charge in [0.2, 0.25) is 10.0 Å². The lowest BCUT2D eigenvalue weighted by Crippen LogP contribution is -2.28. The molecule has 0 aliphatic carbocycles. The Labute approximate surface area is 241 Å². The Morgan fingerprint density at radius 1 is 1.12 bits per heavy atom. The van der Waals surface area contributed by atoms with Crippen molar-refractivity contribution in [3.63, 3.8) is 0 Å². The zero-order valence-corrected chi connectivity index (χ0v) is 25.1. The average molecular weight is 583 g/mol. The van der Waals surface area contributed by atoms with Crippen molar-refractivity contribution in [2.45, 2.75) is 52.1 Å². The topological polar surface area (TPSA) is 128 Å². The van der Waals surface area contributed by atoms with E-state index in [1.807, 2.05) is 39.8 Å². The van der Waals surface area contributed by atoms with Crippen molar-refractivity contribution in [2.24, 2.45) is 0 Å². The molecule has 1 fully saturated rings. The van der Waals surface area contributed by atoms with Crippen LogP contribution < -0.4 is 24.8 Å². The number of anilines is 2. The summed E-state index contributed by atoms with van der Waals surface area (Å²) in [4.78, 5) is 17.9. The number of hydrogen-bond donors (Lipinski definition) is 3. The molecule has 220 valence electrons. The highest BCUT2D eigenvalue weighted by Gasteiger charge is 2.23. The molecule has 41 heavy (non-hydrogen) atoms. The van der Waals surface area contributed by atoms with Gasteiger partial charge in [0.15, 0.2) is 5.75 Å². The second kappa shape index (κ2) is 12.5. The number of methoxy groups -OCH3 is 1. The van der Waals surface area contributed by atoms with Gasteiger partial charge in [0.25, 0.3) is 5.91 Å². The van der Waals surface area contributed by atoms with Crippen LogP contribution in [-0.4, -0.2) is 51.9 Å². The van der Waals surface area contributed by atoms with Crippen molar-refractivity contribution >= 4 is 27.3 Å². The van der Waals surface area contributed by atoms with E-state index in [-0.39, 0.29) is 16.9 Å². The molecule has 0 bridgehead atoms. The summed E-state index contributed by atoms with van der Waals surface area (Å²) >= 11 is 0. The third-order valence-electron chi connectivity index (χ3n) is 6.67. The minimum absolute atomic E-state index is 0.211. The van der Waals surface area contributed by atoms with Crippen LogP contribution in [0, 0.1) is 6.92 Å². The predicted molar refractivity (Wildman–Crippen MR) is 160 cm³/mol. The molecule has 3 aromatic rings. The number of nitrogens with one attached hydrogen (secondary N) is 3. The maximum Gasteiger partial charge on any atom is 0.255 e. The molecule has 1 aliphatic rings. The maximum absolute atomic E-state index is 13.4. The lowest BCUT2D eigenvalue weighted by Gasteiger charge is -2.24. The summed E-state index contributed by atoms with van der Waals surface area (Å²) in [7, 11) is -2.17. The molecule has 1 aromatic heterocycles. The smallest absolute Gasteiger partial charge is 0.255 e. The van der Waals surface area contributed by atoms with Gasteiger partial charge < -0.3 is 24.8 Å².